The standard InChI is InChI=1S/C16H21N5O/c1-10-7-21-9-12(3-4-15(21)18-10)19-16(22)14-5-13(14)11-6-17-20(2)8-11/h6-8,12-14H,3-5,9H2,1-2H3,(H,19,22)/t12-,13-,14-/m0/s1. The van der Waals surface area contributed by atoms with Crippen molar-refractivity contribution in [1.29, 1.82) is 0 Å². The van der Waals surface area contributed by atoms with Crippen molar-refractivity contribution in [3.8, 4) is 0 Å². The van der Waals surface area contributed by atoms with Gasteiger partial charge in [-0.25, -0.2) is 4.98 Å². The zero-order valence-corrected chi connectivity index (χ0v) is 13.0. The molecule has 1 N–H and O–H groups in total. The first-order valence-electron chi connectivity index (χ1n) is 7.91. The van der Waals surface area contributed by atoms with Gasteiger partial charge in [0.2, 0.25) is 5.91 Å². The minimum Gasteiger partial charge on any atom is -0.351 e. The van der Waals surface area contributed by atoms with E-state index in [9.17, 15) is 4.79 Å². The molecule has 0 radical (unpaired) electrons. The number of hydrogen-bond acceptors (Lipinski definition) is 3. The topological polar surface area (TPSA) is 64.7 Å². The van der Waals surface area contributed by atoms with Crippen LogP contribution in [0, 0.1) is 12.8 Å². The van der Waals surface area contributed by atoms with Crippen LogP contribution in [0.3, 0.4) is 0 Å². The second-order valence-electron chi connectivity index (χ2n) is 6.59. The van der Waals surface area contributed by atoms with Crippen molar-refractivity contribution in [2.45, 2.75) is 44.7 Å². The molecule has 2 aliphatic rings. The van der Waals surface area contributed by atoms with E-state index < -0.39 is 0 Å². The number of nitrogens with one attached hydrogen (secondary N) is 1. The van der Waals surface area contributed by atoms with Gasteiger partial charge in [0.15, 0.2) is 0 Å². The van der Waals surface area contributed by atoms with E-state index >= 15 is 0 Å². The quantitative estimate of drug-likeness (QED) is 0.925. The number of imidazole rings is 1. The summed E-state index contributed by atoms with van der Waals surface area (Å²) in [5, 5.41) is 7.41. The van der Waals surface area contributed by atoms with Gasteiger partial charge in [-0.2, -0.15) is 5.10 Å². The third-order valence-corrected chi connectivity index (χ3v) is 4.74. The van der Waals surface area contributed by atoms with Crippen molar-refractivity contribution in [3.05, 3.63) is 35.7 Å². The fraction of sp³-hybridized carbons (Fsp3) is 0.562. The summed E-state index contributed by atoms with van der Waals surface area (Å²) in [5.41, 5.74) is 2.24. The van der Waals surface area contributed by atoms with E-state index in [0.29, 0.717) is 5.92 Å². The Bertz CT molecular complexity index is 716. The van der Waals surface area contributed by atoms with E-state index in [-0.39, 0.29) is 17.9 Å². The summed E-state index contributed by atoms with van der Waals surface area (Å²) in [5.74, 6) is 1.81. The van der Waals surface area contributed by atoms with Gasteiger partial charge in [0, 0.05) is 44.4 Å². The first kappa shape index (κ1) is 13.5. The minimum absolute atomic E-state index is 0.120. The van der Waals surface area contributed by atoms with Crippen LogP contribution in [0.4, 0.5) is 0 Å². The number of fused-ring (bicyclic) bond motifs is 1. The minimum atomic E-state index is 0.120. The van der Waals surface area contributed by atoms with Crippen LogP contribution in [0.5, 0.6) is 0 Å². The van der Waals surface area contributed by atoms with Gasteiger partial charge in [0.25, 0.3) is 0 Å². The number of carbonyl (C=O) groups is 1. The maximum atomic E-state index is 12.4. The molecule has 2 aromatic heterocycles. The maximum Gasteiger partial charge on any atom is 0.224 e. The summed E-state index contributed by atoms with van der Waals surface area (Å²) in [7, 11) is 1.91. The predicted molar refractivity (Wildman–Crippen MR) is 81.3 cm³/mol. The molecular weight excluding hydrogens is 278 g/mol. The molecule has 0 bridgehead atoms. The van der Waals surface area contributed by atoms with Crippen LogP contribution >= 0.6 is 0 Å². The normalized spacial score (nSPS) is 26.5. The van der Waals surface area contributed by atoms with Gasteiger partial charge in [0.1, 0.15) is 5.82 Å². The van der Waals surface area contributed by atoms with E-state index in [1.54, 1.807) is 4.68 Å². The molecule has 0 saturated heterocycles. The highest BCUT2D eigenvalue weighted by molar-refractivity contribution is 5.83. The molecular formula is C16H21N5O. The lowest BCUT2D eigenvalue weighted by molar-refractivity contribution is -0.123. The molecule has 6 nitrogen and oxygen atoms in total. The molecule has 3 heterocycles. The van der Waals surface area contributed by atoms with Gasteiger partial charge >= 0.3 is 0 Å². The smallest absolute Gasteiger partial charge is 0.224 e. The molecule has 1 amide bonds. The van der Waals surface area contributed by atoms with Gasteiger partial charge in [-0.1, -0.05) is 0 Å². The Kier molecular flexibility index (Phi) is 3.06. The molecule has 3 atom stereocenters. The van der Waals surface area contributed by atoms with Crippen LogP contribution in [0.1, 0.15) is 35.8 Å². The van der Waals surface area contributed by atoms with E-state index in [4.69, 9.17) is 0 Å². The van der Waals surface area contributed by atoms with Gasteiger partial charge in [-0.3, -0.25) is 9.48 Å². The van der Waals surface area contributed by atoms with Gasteiger partial charge in [-0.05, 0) is 31.2 Å². The van der Waals surface area contributed by atoms with Crippen LogP contribution in [-0.4, -0.2) is 31.3 Å². The third kappa shape index (κ3) is 2.42. The van der Waals surface area contributed by atoms with Crippen molar-refractivity contribution < 1.29 is 4.79 Å². The first-order chi connectivity index (χ1) is 10.6. The Morgan fingerprint density at radius 1 is 1.41 bits per heavy atom. The van der Waals surface area contributed by atoms with Crippen LogP contribution in [-0.2, 0) is 24.8 Å². The van der Waals surface area contributed by atoms with E-state index in [1.807, 2.05) is 26.4 Å². The number of carbonyl (C=O) groups excluding carboxylic acids is 1. The molecule has 0 spiro atoms. The van der Waals surface area contributed by atoms with Gasteiger partial charge < -0.3 is 9.88 Å². The SMILES string of the molecule is Cc1cn2c(n1)CC[C@H](NC(=O)[C@H]1C[C@H]1c1cnn(C)c1)C2. The molecule has 1 saturated carbocycles. The van der Waals surface area contributed by atoms with Crippen molar-refractivity contribution in [2.24, 2.45) is 13.0 Å². The second-order valence-corrected chi connectivity index (χ2v) is 6.59. The molecule has 22 heavy (non-hydrogen) atoms. The van der Waals surface area contributed by atoms with E-state index in [0.717, 1.165) is 37.3 Å². The van der Waals surface area contributed by atoms with Crippen molar-refractivity contribution in [2.75, 3.05) is 0 Å². The molecule has 1 aliphatic heterocycles. The van der Waals surface area contributed by atoms with Crippen LogP contribution in [0.2, 0.25) is 0 Å². The zero-order chi connectivity index (χ0) is 15.3. The summed E-state index contributed by atoms with van der Waals surface area (Å²) < 4.78 is 3.97. The zero-order valence-electron chi connectivity index (χ0n) is 13.0. The average molecular weight is 299 g/mol. The highest BCUT2D eigenvalue weighted by Gasteiger charge is 2.45. The van der Waals surface area contributed by atoms with Gasteiger partial charge in [-0.15, -0.1) is 0 Å². The molecule has 1 fully saturated rings. The predicted octanol–water partition coefficient (Wildman–Crippen LogP) is 1.16. The molecule has 1 aliphatic carbocycles. The van der Waals surface area contributed by atoms with Gasteiger partial charge in [0.05, 0.1) is 11.9 Å². The maximum absolute atomic E-state index is 12.4. The van der Waals surface area contributed by atoms with E-state index in [2.05, 4.69) is 26.2 Å². The van der Waals surface area contributed by atoms with Crippen molar-refractivity contribution in [1.82, 2.24) is 24.6 Å². The second kappa shape index (κ2) is 4.97. The Balaban J connectivity index is 1.36. The number of rotatable bonds is 3. The lowest BCUT2D eigenvalue weighted by atomic mass is 10.1. The van der Waals surface area contributed by atoms with E-state index in [1.165, 1.54) is 5.56 Å². The highest BCUT2D eigenvalue weighted by atomic mass is 16.2. The molecule has 0 unspecified atom stereocenters. The van der Waals surface area contributed by atoms with Crippen LogP contribution < -0.4 is 5.32 Å². The summed E-state index contributed by atoms with van der Waals surface area (Å²) in [6, 6.07) is 0.226. The summed E-state index contributed by atoms with van der Waals surface area (Å²) in [6.07, 6.45) is 8.82. The average Bonchev–Trinajstić information content (AvgIpc) is 3.03. The Morgan fingerprint density at radius 3 is 3.05 bits per heavy atom. The Labute approximate surface area is 129 Å². The summed E-state index contributed by atoms with van der Waals surface area (Å²) in [4.78, 5) is 16.9. The summed E-state index contributed by atoms with van der Waals surface area (Å²) in [6.45, 7) is 2.85. The van der Waals surface area contributed by atoms with Crippen molar-refractivity contribution >= 4 is 5.91 Å². The van der Waals surface area contributed by atoms with Crippen molar-refractivity contribution in [3.63, 3.8) is 0 Å². The Hall–Kier alpha value is -2.11. The fourth-order valence-corrected chi connectivity index (χ4v) is 3.50. The monoisotopic (exact) mass is 299 g/mol. The summed E-state index contributed by atoms with van der Waals surface area (Å²) >= 11 is 0. The molecule has 0 aromatic carbocycles. The molecule has 4 rings (SSSR count). The van der Waals surface area contributed by atoms with Crippen LogP contribution in [0.25, 0.3) is 0 Å². The highest BCUT2D eigenvalue weighted by Crippen LogP contribution is 2.47. The first-order valence-corrected chi connectivity index (χ1v) is 7.91. The lowest BCUT2D eigenvalue weighted by Gasteiger charge is -2.24. The fourth-order valence-electron chi connectivity index (χ4n) is 3.50. The molecule has 116 valence electrons. The number of aromatic nitrogens is 4. The number of amides is 1. The molecule has 2 aromatic rings. The number of nitrogens with zero attached hydrogens (tertiary/aromatic N) is 4. The Morgan fingerprint density at radius 2 is 2.27 bits per heavy atom. The molecule has 6 heteroatoms. The van der Waals surface area contributed by atoms with Crippen LogP contribution in [0.15, 0.2) is 18.6 Å². The third-order valence-electron chi connectivity index (χ3n) is 4.74. The number of aryl methyl sites for hydroxylation is 3. The number of hydrogen-bond donors (Lipinski definition) is 1. The lowest BCUT2D eigenvalue weighted by Crippen LogP contribution is -2.41. The largest absolute Gasteiger partial charge is 0.351 e.